The van der Waals surface area contributed by atoms with E-state index in [0.29, 0.717) is 18.4 Å². The van der Waals surface area contributed by atoms with Crippen LogP contribution in [-0.4, -0.2) is 48.6 Å². The third kappa shape index (κ3) is 5.08. The average molecular weight is 355 g/mol. The standard InChI is InChI=1S/C20H29N5O/c1-3-21-20(22-12-16-10-11-25(4-2)14-16)23-13-18-15-26-19(24-18)17-8-6-5-7-9-17/h5-9,15-16H,3-4,10-14H2,1-2H3,(H2,21,22,23). The summed E-state index contributed by atoms with van der Waals surface area (Å²) in [6.07, 6.45) is 2.94. The number of nitrogens with zero attached hydrogens (tertiary/aromatic N) is 3. The second kappa shape index (κ2) is 9.38. The van der Waals surface area contributed by atoms with Crippen molar-refractivity contribution in [2.75, 3.05) is 32.7 Å². The molecule has 1 unspecified atom stereocenters. The van der Waals surface area contributed by atoms with Gasteiger partial charge in [-0.15, -0.1) is 0 Å². The van der Waals surface area contributed by atoms with Crippen molar-refractivity contribution in [3.63, 3.8) is 0 Å². The van der Waals surface area contributed by atoms with Crippen LogP contribution in [0, 0.1) is 5.92 Å². The predicted molar refractivity (Wildman–Crippen MR) is 105 cm³/mol. The maximum atomic E-state index is 5.58. The Labute approximate surface area is 155 Å². The van der Waals surface area contributed by atoms with Crippen molar-refractivity contribution >= 4 is 5.96 Å². The smallest absolute Gasteiger partial charge is 0.226 e. The molecule has 26 heavy (non-hydrogen) atoms. The van der Waals surface area contributed by atoms with Crippen LogP contribution in [0.1, 0.15) is 26.0 Å². The first-order valence-electron chi connectivity index (χ1n) is 9.52. The number of rotatable bonds is 7. The van der Waals surface area contributed by atoms with Crippen molar-refractivity contribution < 1.29 is 4.42 Å². The van der Waals surface area contributed by atoms with Crippen molar-refractivity contribution in [3.8, 4) is 11.5 Å². The summed E-state index contributed by atoms with van der Waals surface area (Å²) in [6.45, 7) is 10.1. The lowest BCUT2D eigenvalue weighted by atomic mass is 10.1. The van der Waals surface area contributed by atoms with Gasteiger partial charge in [0.05, 0.1) is 6.54 Å². The number of oxazole rings is 1. The molecular formula is C20H29N5O. The van der Waals surface area contributed by atoms with Crippen LogP contribution in [0.2, 0.25) is 0 Å². The van der Waals surface area contributed by atoms with Crippen LogP contribution in [0.3, 0.4) is 0 Å². The van der Waals surface area contributed by atoms with E-state index in [4.69, 9.17) is 4.42 Å². The van der Waals surface area contributed by atoms with Gasteiger partial charge < -0.3 is 20.0 Å². The molecule has 0 aliphatic carbocycles. The lowest BCUT2D eigenvalue weighted by molar-refractivity contribution is 0.342. The Bertz CT molecular complexity index is 697. The molecule has 0 spiro atoms. The van der Waals surface area contributed by atoms with E-state index < -0.39 is 0 Å². The number of hydrogen-bond acceptors (Lipinski definition) is 4. The molecule has 1 atom stereocenters. The lowest BCUT2D eigenvalue weighted by Gasteiger charge is -2.16. The van der Waals surface area contributed by atoms with Crippen molar-refractivity contribution in [2.24, 2.45) is 10.9 Å². The molecule has 0 radical (unpaired) electrons. The minimum absolute atomic E-state index is 0.497. The Morgan fingerprint density at radius 3 is 2.85 bits per heavy atom. The first-order chi connectivity index (χ1) is 12.8. The van der Waals surface area contributed by atoms with Crippen LogP contribution in [0.4, 0.5) is 0 Å². The van der Waals surface area contributed by atoms with Gasteiger partial charge in [0.25, 0.3) is 0 Å². The van der Waals surface area contributed by atoms with Gasteiger partial charge in [0.1, 0.15) is 12.0 Å². The van der Waals surface area contributed by atoms with E-state index in [1.54, 1.807) is 6.26 Å². The fourth-order valence-electron chi connectivity index (χ4n) is 3.20. The van der Waals surface area contributed by atoms with Crippen LogP contribution in [0.5, 0.6) is 0 Å². The highest BCUT2D eigenvalue weighted by atomic mass is 16.3. The second-order valence-corrected chi connectivity index (χ2v) is 6.63. The highest BCUT2D eigenvalue weighted by Gasteiger charge is 2.21. The van der Waals surface area contributed by atoms with E-state index in [1.165, 1.54) is 19.5 Å². The topological polar surface area (TPSA) is 65.7 Å². The Balaban J connectivity index is 1.55. The van der Waals surface area contributed by atoms with Crippen LogP contribution in [0.15, 0.2) is 46.0 Å². The molecule has 1 fully saturated rings. The number of guanidine groups is 1. The molecule has 1 aromatic carbocycles. The van der Waals surface area contributed by atoms with E-state index in [-0.39, 0.29) is 0 Å². The monoisotopic (exact) mass is 355 g/mol. The van der Waals surface area contributed by atoms with Gasteiger partial charge in [0.15, 0.2) is 5.96 Å². The van der Waals surface area contributed by atoms with E-state index in [2.05, 4.69) is 39.4 Å². The fraction of sp³-hybridized carbons (Fsp3) is 0.500. The third-order valence-electron chi connectivity index (χ3n) is 4.69. The second-order valence-electron chi connectivity index (χ2n) is 6.63. The summed E-state index contributed by atoms with van der Waals surface area (Å²) in [5.41, 5.74) is 1.81. The van der Waals surface area contributed by atoms with Gasteiger partial charge in [-0.1, -0.05) is 25.1 Å². The van der Waals surface area contributed by atoms with Gasteiger partial charge >= 0.3 is 0 Å². The number of nitrogens with one attached hydrogen (secondary N) is 2. The molecule has 0 bridgehead atoms. The summed E-state index contributed by atoms with van der Waals surface area (Å²) >= 11 is 0. The van der Waals surface area contributed by atoms with Crippen LogP contribution >= 0.6 is 0 Å². The van der Waals surface area contributed by atoms with Crippen LogP contribution < -0.4 is 10.6 Å². The van der Waals surface area contributed by atoms with Crippen LogP contribution in [-0.2, 0) is 6.54 Å². The molecule has 0 amide bonds. The third-order valence-corrected chi connectivity index (χ3v) is 4.69. The van der Waals surface area contributed by atoms with Crippen molar-refractivity contribution in [2.45, 2.75) is 26.8 Å². The molecule has 1 aliphatic rings. The predicted octanol–water partition coefficient (Wildman–Crippen LogP) is 2.74. The maximum absolute atomic E-state index is 5.58. The number of aliphatic imine (C=N–C) groups is 1. The molecule has 6 heteroatoms. The summed E-state index contributed by atoms with van der Waals surface area (Å²) in [6, 6.07) is 9.92. The Kier molecular flexibility index (Phi) is 6.66. The van der Waals surface area contributed by atoms with Crippen molar-refractivity contribution in [1.29, 1.82) is 0 Å². The van der Waals surface area contributed by atoms with Crippen molar-refractivity contribution in [3.05, 3.63) is 42.3 Å². The summed E-state index contributed by atoms with van der Waals surface area (Å²) in [7, 11) is 0. The number of likely N-dealkylation sites (tertiary alicyclic amines) is 1. The van der Waals surface area contributed by atoms with Gasteiger partial charge in [0, 0.05) is 25.2 Å². The zero-order valence-electron chi connectivity index (χ0n) is 15.7. The van der Waals surface area contributed by atoms with Crippen LogP contribution in [0.25, 0.3) is 11.5 Å². The molecule has 2 heterocycles. The quantitative estimate of drug-likeness (QED) is 0.591. The molecule has 2 N–H and O–H groups in total. The van der Waals surface area contributed by atoms with Gasteiger partial charge in [-0.3, -0.25) is 0 Å². The zero-order valence-corrected chi connectivity index (χ0v) is 15.7. The highest BCUT2D eigenvalue weighted by Crippen LogP contribution is 2.18. The van der Waals surface area contributed by atoms with Gasteiger partial charge in [-0.25, -0.2) is 9.98 Å². The number of benzene rings is 1. The van der Waals surface area contributed by atoms with Crippen molar-refractivity contribution in [1.82, 2.24) is 20.5 Å². The summed E-state index contributed by atoms with van der Waals surface area (Å²) in [5.74, 6) is 2.17. The molecule has 6 nitrogen and oxygen atoms in total. The largest absolute Gasteiger partial charge is 0.444 e. The van der Waals surface area contributed by atoms with Gasteiger partial charge in [0.2, 0.25) is 5.89 Å². The van der Waals surface area contributed by atoms with E-state index in [9.17, 15) is 0 Å². The normalized spacial score (nSPS) is 18.2. The maximum Gasteiger partial charge on any atom is 0.226 e. The molecule has 3 rings (SSSR count). The number of hydrogen-bond donors (Lipinski definition) is 2. The Morgan fingerprint density at radius 2 is 2.12 bits per heavy atom. The SMILES string of the molecule is CCNC(=NCc1coc(-c2ccccc2)n1)NCC1CCN(CC)C1. The molecule has 1 aromatic heterocycles. The molecule has 0 saturated carbocycles. The summed E-state index contributed by atoms with van der Waals surface area (Å²) < 4.78 is 5.58. The first kappa shape index (κ1) is 18.5. The molecular weight excluding hydrogens is 326 g/mol. The minimum atomic E-state index is 0.497. The Hall–Kier alpha value is -2.34. The highest BCUT2D eigenvalue weighted by molar-refractivity contribution is 5.79. The summed E-state index contributed by atoms with van der Waals surface area (Å²) in [4.78, 5) is 11.7. The molecule has 1 saturated heterocycles. The molecule has 2 aromatic rings. The molecule has 140 valence electrons. The minimum Gasteiger partial charge on any atom is -0.444 e. The van der Waals surface area contributed by atoms with Gasteiger partial charge in [-0.05, 0) is 44.5 Å². The first-order valence-corrected chi connectivity index (χ1v) is 9.52. The number of aromatic nitrogens is 1. The summed E-state index contributed by atoms with van der Waals surface area (Å²) in [5, 5.41) is 6.78. The zero-order chi connectivity index (χ0) is 18.2. The van der Waals surface area contributed by atoms with Gasteiger partial charge in [-0.2, -0.15) is 0 Å². The van der Waals surface area contributed by atoms with E-state index in [0.717, 1.165) is 36.9 Å². The average Bonchev–Trinajstić information content (AvgIpc) is 3.34. The lowest BCUT2D eigenvalue weighted by Crippen LogP contribution is -2.40. The van der Waals surface area contributed by atoms with E-state index >= 15 is 0 Å². The molecule has 1 aliphatic heterocycles. The Morgan fingerprint density at radius 1 is 1.27 bits per heavy atom. The fourth-order valence-corrected chi connectivity index (χ4v) is 3.20. The van der Waals surface area contributed by atoms with E-state index in [1.807, 2.05) is 30.3 Å².